The molecular weight excluding hydrogens is 238 g/mol. The van der Waals surface area contributed by atoms with E-state index in [4.69, 9.17) is 10.5 Å². The van der Waals surface area contributed by atoms with Gasteiger partial charge in [-0.3, -0.25) is 0 Å². The molecule has 2 N–H and O–H groups in total. The SMILES string of the molecule is CCOc1ccc(C(N)Cn2ccnc2CC)cc1. The number of aryl methyl sites for hydroxylation is 1. The summed E-state index contributed by atoms with van der Waals surface area (Å²) in [5.74, 6) is 1.96. The number of hydrogen-bond donors (Lipinski definition) is 1. The van der Waals surface area contributed by atoms with Gasteiger partial charge in [-0.25, -0.2) is 4.98 Å². The molecule has 0 aliphatic rings. The Morgan fingerprint density at radius 3 is 2.63 bits per heavy atom. The van der Waals surface area contributed by atoms with E-state index in [1.165, 1.54) is 0 Å². The maximum absolute atomic E-state index is 6.24. The first-order valence-corrected chi connectivity index (χ1v) is 6.73. The van der Waals surface area contributed by atoms with E-state index in [1.54, 1.807) is 0 Å². The zero-order chi connectivity index (χ0) is 13.7. The molecule has 102 valence electrons. The predicted molar refractivity (Wildman–Crippen MR) is 76.1 cm³/mol. The Labute approximate surface area is 114 Å². The van der Waals surface area contributed by atoms with Crippen molar-refractivity contribution in [2.75, 3.05) is 6.61 Å². The topological polar surface area (TPSA) is 53.1 Å². The monoisotopic (exact) mass is 259 g/mol. The van der Waals surface area contributed by atoms with Crippen molar-refractivity contribution < 1.29 is 4.74 Å². The Morgan fingerprint density at radius 1 is 1.26 bits per heavy atom. The van der Waals surface area contributed by atoms with Crippen LogP contribution in [0.25, 0.3) is 0 Å². The van der Waals surface area contributed by atoms with Crippen LogP contribution in [0.3, 0.4) is 0 Å². The van der Waals surface area contributed by atoms with Gasteiger partial charge in [-0.2, -0.15) is 0 Å². The molecule has 0 bridgehead atoms. The first-order valence-electron chi connectivity index (χ1n) is 6.73. The highest BCUT2D eigenvalue weighted by molar-refractivity contribution is 5.29. The van der Waals surface area contributed by atoms with Crippen LogP contribution in [0.4, 0.5) is 0 Å². The van der Waals surface area contributed by atoms with Gasteiger partial charge in [-0.15, -0.1) is 0 Å². The molecule has 0 saturated carbocycles. The van der Waals surface area contributed by atoms with Crippen molar-refractivity contribution in [3.63, 3.8) is 0 Å². The van der Waals surface area contributed by atoms with E-state index < -0.39 is 0 Å². The maximum Gasteiger partial charge on any atom is 0.119 e. The highest BCUT2D eigenvalue weighted by Crippen LogP contribution is 2.18. The molecule has 0 spiro atoms. The molecule has 1 unspecified atom stereocenters. The fourth-order valence-electron chi connectivity index (χ4n) is 2.12. The van der Waals surface area contributed by atoms with Gasteiger partial charge in [-0.05, 0) is 24.6 Å². The van der Waals surface area contributed by atoms with Crippen LogP contribution in [0, 0.1) is 0 Å². The van der Waals surface area contributed by atoms with Gasteiger partial charge in [0.25, 0.3) is 0 Å². The molecule has 0 radical (unpaired) electrons. The summed E-state index contributed by atoms with van der Waals surface area (Å²) in [5, 5.41) is 0. The van der Waals surface area contributed by atoms with Crippen LogP contribution in [-0.2, 0) is 13.0 Å². The summed E-state index contributed by atoms with van der Waals surface area (Å²) in [6.07, 6.45) is 4.72. The number of rotatable bonds is 6. The lowest BCUT2D eigenvalue weighted by Crippen LogP contribution is -2.18. The second-order valence-electron chi connectivity index (χ2n) is 4.46. The van der Waals surface area contributed by atoms with Gasteiger partial charge in [0.1, 0.15) is 11.6 Å². The molecule has 0 amide bonds. The van der Waals surface area contributed by atoms with Crippen LogP contribution in [0.2, 0.25) is 0 Å². The molecule has 0 aliphatic heterocycles. The Kier molecular flexibility index (Phi) is 4.58. The van der Waals surface area contributed by atoms with Gasteiger partial charge < -0.3 is 15.0 Å². The van der Waals surface area contributed by atoms with Crippen LogP contribution in [-0.4, -0.2) is 16.2 Å². The van der Waals surface area contributed by atoms with Gasteiger partial charge in [0, 0.05) is 31.4 Å². The summed E-state index contributed by atoms with van der Waals surface area (Å²) in [6.45, 7) is 5.50. The average Bonchev–Trinajstić information content (AvgIpc) is 2.87. The third kappa shape index (κ3) is 3.35. The van der Waals surface area contributed by atoms with E-state index in [2.05, 4.69) is 16.5 Å². The highest BCUT2D eigenvalue weighted by Gasteiger charge is 2.09. The van der Waals surface area contributed by atoms with Gasteiger partial charge in [0.05, 0.1) is 6.61 Å². The fraction of sp³-hybridized carbons (Fsp3) is 0.400. The van der Waals surface area contributed by atoms with E-state index in [9.17, 15) is 0 Å². The molecule has 19 heavy (non-hydrogen) atoms. The number of ether oxygens (including phenoxy) is 1. The molecule has 0 aliphatic carbocycles. The zero-order valence-corrected chi connectivity index (χ0v) is 11.5. The molecule has 0 saturated heterocycles. The molecule has 4 heteroatoms. The largest absolute Gasteiger partial charge is 0.494 e. The van der Waals surface area contributed by atoms with E-state index in [-0.39, 0.29) is 6.04 Å². The predicted octanol–water partition coefficient (Wildman–Crippen LogP) is 2.54. The number of hydrogen-bond acceptors (Lipinski definition) is 3. The number of aromatic nitrogens is 2. The van der Waals surface area contributed by atoms with E-state index in [0.717, 1.165) is 30.1 Å². The number of nitrogens with two attached hydrogens (primary N) is 1. The Bertz CT molecular complexity index is 504. The maximum atomic E-state index is 6.24. The van der Waals surface area contributed by atoms with E-state index >= 15 is 0 Å². The molecule has 2 rings (SSSR count). The second kappa shape index (κ2) is 6.38. The molecule has 0 fully saturated rings. The first kappa shape index (κ1) is 13.6. The molecule has 1 aromatic carbocycles. The van der Waals surface area contributed by atoms with Crippen molar-refractivity contribution in [2.24, 2.45) is 5.73 Å². The lowest BCUT2D eigenvalue weighted by atomic mass is 10.1. The van der Waals surface area contributed by atoms with Crippen LogP contribution < -0.4 is 10.5 Å². The summed E-state index contributed by atoms with van der Waals surface area (Å²) in [6, 6.07) is 7.95. The summed E-state index contributed by atoms with van der Waals surface area (Å²) in [7, 11) is 0. The lowest BCUT2D eigenvalue weighted by Gasteiger charge is -2.15. The van der Waals surface area contributed by atoms with Gasteiger partial charge in [-0.1, -0.05) is 19.1 Å². The van der Waals surface area contributed by atoms with Crippen LogP contribution >= 0.6 is 0 Å². The van der Waals surface area contributed by atoms with Crippen molar-refractivity contribution in [3.05, 3.63) is 48.0 Å². The minimum absolute atomic E-state index is 0.0322. The van der Waals surface area contributed by atoms with Crippen LogP contribution in [0.15, 0.2) is 36.7 Å². The normalized spacial score (nSPS) is 12.4. The van der Waals surface area contributed by atoms with E-state index in [1.807, 2.05) is 43.6 Å². The Hall–Kier alpha value is -1.81. The minimum Gasteiger partial charge on any atom is -0.494 e. The first-order chi connectivity index (χ1) is 9.24. The third-order valence-corrected chi connectivity index (χ3v) is 3.13. The van der Waals surface area contributed by atoms with Crippen molar-refractivity contribution in [3.8, 4) is 5.75 Å². The van der Waals surface area contributed by atoms with Gasteiger partial charge in [0.15, 0.2) is 0 Å². The van der Waals surface area contributed by atoms with Crippen molar-refractivity contribution >= 4 is 0 Å². The van der Waals surface area contributed by atoms with Crippen molar-refractivity contribution in [2.45, 2.75) is 32.9 Å². The van der Waals surface area contributed by atoms with E-state index in [0.29, 0.717) is 6.61 Å². The smallest absolute Gasteiger partial charge is 0.119 e. The fourth-order valence-corrected chi connectivity index (χ4v) is 2.12. The van der Waals surface area contributed by atoms with Gasteiger partial charge >= 0.3 is 0 Å². The molecule has 4 nitrogen and oxygen atoms in total. The summed E-state index contributed by atoms with van der Waals surface area (Å²) < 4.78 is 7.54. The summed E-state index contributed by atoms with van der Waals surface area (Å²) >= 11 is 0. The molecule has 1 aromatic heterocycles. The number of benzene rings is 1. The molecular formula is C15H21N3O. The molecule has 1 atom stereocenters. The Morgan fingerprint density at radius 2 is 2.00 bits per heavy atom. The molecule has 1 heterocycles. The second-order valence-corrected chi connectivity index (χ2v) is 4.46. The third-order valence-electron chi connectivity index (χ3n) is 3.13. The van der Waals surface area contributed by atoms with Crippen LogP contribution in [0.5, 0.6) is 5.75 Å². The average molecular weight is 259 g/mol. The van der Waals surface area contributed by atoms with Crippen molar-refractivity contribution in [1.82, 2.24) is 9.55 Å². The zero-order valence-electron chi connectivity index (χ0n) is 11.5. The molecule has 2 aromatic rings. The lowest BCUT2D eigenvalue weighted by molar-refractivity contribution is 0.340. The number of imidazole rings is 1. The number of nitrogens with zero attached hydrogens (tertiary/aromatic N) is 2. The quantitative estimate of drug-likeness (QED) is 0.867. The van der Waals surface area contributed by atoms with Gasteiger partial charge in [0.2, 0.25) is 0 Å². The van der Waals surface area contributed by atoms with Crippen molar-refractivity contribution in [1.29, 1.82) is 0 Å². The minimum atomic E-state index is -0.0322. The summed E-state index contributed by atoms with van der Waals surface area (Å²) in [4.78, 5) is 4.31. The highest BCUT2D eigenvalue weighted by atomic mass is 16.5. The summed E-state index contributed by atoms with van der Waals surface area (Å²) in [5.41, 5.74) is 7.35. The Balaban J connectivity index is 2.05. The van der Waals surface area contributed by atoms with Crippen LogP contribution in [0.1, 0.15) is 31.3 Å². The standard InChI is InChI=1S/C15H21N3O/c1-3-15-17-9-10-18(15)11-14(16)12-5-7-13(8-6-12)19-4-2/h5-10,14H,3-4,11,16H2,1-2H3.